The van der Waals surface area contributed by atoms with Crippen molar-refractivity contribution in [2.24, 2.45) is 5.73 Å². The van der Waals surface area contributed by atoms with Gasteiger partial charge >= 0.3 is 0 Å². The van der Waals surface area contributed by atoms with Crippen LogP contribution in [0.1, 0.15) is 17.4 Å². The van der Waals surface area contributed by atoms with Crippen LogP contribution in [0.3, 0.4) is 0 Å². The fourth-order valence-corrected chi connectivity index (χ4v) is 1.61. The van der Waals surface area contributed by atoms with Gasteiger partial charge in [0.2, 0.25) is 0 Å². The Bertz CT molecular complexity index is 460. The van der Waals surface area contributed by atoms with Crippen LogP contribution in [0.4, 0.5) is 0 Å². The van der Waals surface area contributed by atoms with Crippen molar-refractivity contribution < 1.29 is 9.47 Å². The first-order chi connectivity index (χ1) is 8.24. The number of aromatic nitrogens is 2. The minimum absolute atomic E-state index is 0.325. The molecular weight excluding hydrogens is 218 g/mol. The SMILES string of the molecule is COc1cc(OC)cc(C(N)c2ncc[nH]2)c1. The maximum Gasteiger partial charge on any atom is 0.127 e. The van der Waals surface area contributed by atoms with Crippen molar-refractivity contribution in [3.8, 4) is 11.5 Å². The third kappa shape index (κ3) is 2.39. The van der Waals surface area contributed by atoms with Crippen LogP contribution in [0.25, 0.3) is 0 Å². The van der Waals surface area contributed by atoms with Crippen molar-refractivity contribution in [3.05, 3.63) is 42.0 Å². The fourth-order valence-electron chi connectivity index (χ4n) is 1.61. The van der Waals surface area contributed by atoms with E-state index in [1.807, 2.05) is 12.1 Å². The summed E-state index contributed by atoms with van der Waals surface area (Å²) < 4.78 is 10.4. The molecule has 0 saturated carbocycles. The Hall–Kier alpha value is -2.01. The molecule has 0 fully saturated rings. The number of nitrogens with one attached hydrogen (secondary N) is 1. The summed E-state index contributed by atoms with van der Waals surface area (Å²) >= 11 is 0. The highest BCUT2D eigenvalue weighted by atomic mass is 16.5. The first kappa shape index (κ1) is 11.5. The van der Waals surface area contributed by atoms with Gasteiger partial charge in [0.25, 0.3) is 0 Å². The quantitative estimate of drug-likeness (QED) is 0.838. The van der Waals surface area contributed by atoms with Crippen molar-refractivity contribution in [3.63, 3.8) is 0 Å². The smallest absolute Gasteiger partial charge is 0.127 e. The molecule has 0 amide bonds. The summed E-state index contributed by atoms with van der Waals surface area (Å²) in [6.45, 7) is 0. The van der Waals surface area contributed by atoms with Gasteiger partial charge in [-0.15, -0.1) is 0 Å². The second-order valence-corrected chi connectivity index (χ2v) is 3.60. The van der Waals surface area contributed by atoms with E-state index in [0.717, 1.165) is 5.56 Å². The Morgan fingerprint density at radius 2 is 1.82 bits per heavy atom. The molecule has 1 heterocycles. The molecule has 90 valence electrons. The number of H-pyrrole nitrogens is 1. The summed E-state index contributed by atoms with van der Waals surface area (Å²) in [6.07, 6.45) is 3.42. The number of imidazole rings is 1. The molecule has 5 heteroatoms. The van der Waals surface area contributed by atoms with Crippen molar-refractivity contribution >= 4 is 0 Å². The van der Waals surface area contributed by atoms with E-state index in [0.29, 0.717) is 17.3 Å². The van der Waals surface area contributed by atoms with Gasteiger partial charge in [-0.25, -0.2) is 4.98 Å². The normalized spacial score (nSPS) is 12.2. The monoisotopic (exact) mass is 233 g/mol. The maximum atomic E-state index is 6.10. The zero-order valence-electron chi connectivity index (χ0n) is 9.81. The highest BCUT2D eigenvalue weighted by Crippen LogP contribution is 2.27. The van der Waals surface area contributed by atoms with E-state index >= 15 is 0 Å². The minimum Gasteiger partial charge on any atom is -0.497 e. The van der Waals surface area contributed by atoms with Crippen molar-refractivity contribution in [2.75, 3.05) is 14.2 Å². The molecule has 17 heavy (non-hydrogen) atoms. The summed E-state index contributed by atoms with van der Waals surface area (Å²) in [5.41, 5.74) is 6.99. The molecule has 0 spiro atoms. The van der Waals surface area contributed by atoms with Gasteiger partial charge in [-0.1, -0.05) is 0 Å². The summed E-state index contributed by atoms with van der Waals surface area (Å²) in [5.74, 6) is 2.13. The van der Waals surface area contributed by atoms with Crippen molar-refractivity contribution in [1.29, 1.82) is 0 Å². The van der Waals surface area contributed by atoms with Crippen LogP contribution in [0.15, 0.2) is 30.6 Å². The molecule has 1 atom stereocenters. The Morgan fingerprint density at radius 3 is 2.29 bits per heavy atom. The first-order valence-electron chi connectivity index (χ1n) is 5.22. The van der Waals surface area contributed by atoms with Crippen molar-refractivity contribution in [1.82, 2.24) is 9.97 Å². The number of nitrogens with two attached hydrogens (primary N) is 1. The highest BCUT2D eigenvalue weighted by Gasteiger charge is 2.13. The van der Waals surface area contributed by atoms with E-state index in [-0.39, 0.29) is 6.04 Å². The lowest BCUT2D eigenvalue weighted by molar-refractivity contribution is 0.393. The number of methoxy groups -OCH3 is 2. The van der Waals surface area contributed by atoms with Gasteiger partial charge < -0.3 is 20.2 Å². The number of ether oxygens (including phenoxy) is 2. The lowest BCUT2D eigenvalue weighted by atomic mass is 10.1. The van der Waals surface area contributed by atoms with Gasteiger partial charge in [-0.2, -0.15) is 0 Å². The summed E-state index contributed by atoms with van der Waals surface area (Å²) in [6, 6.07) is 5.22. The number of nitrogens with zero attached hydrogens (tertiary/aromatic N) is 1. The number of hydrogen-bond acceptors (Lipinski definition) is 4. The Balaban J connectivity index is 2.37. The zero-order chi connectivity index (χ0) is 12.3. The lowest BCUT2D eigenvalue weighted by Crippen LogP contribution is -2.13. The average molecular weight is 233 g/mol. The van der Waals surface area contributed by atoms with Crippen molar-refractivity contribution in [2.45, 2.75) is 6.04 Å². The molecule has 0 saturated heterocycles. The van der Waals surface area contributed by atoms with E-state index in [1.54, 1.807) is 32.7 Å². The second-order valence-electron chi connectivity index (χ2n) is 3.60. The molecule has 0 radical (unpaired) electrons. The number of benzene rings is 1. The molecule has 5 nitrogen and oxygen atoms in total. The molecular formula is C12H15N3O2. The fraction of sp³-hybridized carbons (Fsp3) is 0.250. The van der Waals surface area contributed by atoms with Crippen LogP contribution in [0.2, 0.25) is 0 Å². The molecule has 0 bridgehead atoms. The predicted octanol–water partition coefficient (Wildman–Crippen LogP) is 1.48. The molecule has 2 rings (SSSR count). The molecule has 0 aliphatic rings. The van der Waals surface area contributed by atoms with E-state index in [1.165, 1.54) is 0 Å². The van der Waals surface area contributed by atoms with Crippen LogP contribution >= 0.6 is 0 Å². The van der Waals surface area contributed by atoms with Crippen LogP contribution in [0.5, 0.6) is 11.5 Å². The minimum atomic E-state index is -0.325. The number of aromatic amines is 1. The van der Waals surface area contributed by atoms with Gasteiger partial charge in [-0.05, 0) is 17.7 Å². The Labute approximate surface area is 99.6 Å². The van der Waals surface area contributed by atoms with Gasteiger partial charge in [0.1, 0.15) is 17.3 Å². The topological polar surface area (TPSA) is 73.2 Å². The van der Waals surface area contributed by atoms with Crippen LogP contribution in [-0.4, -0.2) is 24.2 Å². The standard InChI is InChI=1S/C12H15N3O2/c1-16-9-5-8(6-10(7-9)17-2)11(13)12-14-3-4-15-12/h3-7,11H,13H2,1-2H3,(H,14,15). The molecule has 1 aromatic carbocycles. The number of hydrogen-bond donors (Lipinski definition) is 2. The summed E-state index contributed by atoms with van der Waals surface area (Å²) in [7, 11) is 3.22. The highest BCUT2D eigenvalue weighted by molar-refractivity contribution is 5.41. The summed E-state index contributed by atoms with van der Waals surface area (Å²) in [5, 5.41) is 0. The van der Waals surface area contributed by atoms with Crippen LogP contribution in [0, 0.1) is 0 Å². The maximum absolute atomic E-state index is 6.10. The third-order valence-corrected chi connectivity index (χ3v) is 2.55. The molecule has 1 unspecified atom stereocenters. The third-order valence-electron chi connectivity index (χ3n) is 2.55. The van der Waals surface area contributed by atoms with E-state index < -0.39 is 0 Å². The Morgan fingerprint density at radius 1 is 1.18 bits per heavy atom. The average Bonchev–Trinajstić information content (AvgIpc) is 2.91. The van der Waals surface area contributed by atoms with Gasteiger partial charge in [0.15, 0.2) is 0 Å². The molecule has 0 aliphatic heterocycles. The Kier molecular flexibility index (Phi) is 3.30. The molecule has 0 aliphatic carbocycles. The largest absolute Gasteiger partial charge is 0.497 e. The lowest BCUT2D eigenvalue weighted by Gasteiger charge is -2.12. The van der Waals surface area contributed by atoms with Crippen LogP contribution < -0.4 is 15.2 Å². The zero-order valence-corrected chi connectivity index (χ0v) is 9.81. The van der Waals surface area contributed by atoms with E-state index in [9.17, 15) is 0 Å². The molecule has 3 N–H and O–H groups in total. The number of rotatable bonds is 4. The first-order valence-corrected chi connectivity index (χ1v) is 5.22. The van der Waals surface area contributed by atoms with Gasteiger partial charge in [0, 0.05) is 18.5 Å². The predicted molar refractivity (Wildman–Crippen MR) is 64.2 cm³/mol. The van der Waals surface area contributed by atoms with E-state index in [4.69, 9.17) is 15.2 Å². The van der Waals surface area contributed by atoms with Gasteiger partial charge in [0.05, 0.1) is 20.3 Å². The molecule has 1 aromatic heterocycles. The van der Waals surface area contributed by atoms with E-state index in [2.05, 4.69) is 9.97 Å². The van der Waals surface area contributed by atoms with Gasteiger partial charge in [-0.3, -0.25) is 0 Å². The summed E-state index contributed by atoms with van der Waals surface area (Å²) in [4.78, 5) is 7.13. The molecule has 2 aromatic rings. The second kappa shape index (κ2) is 4.88. The van der Waals surface area contributed by atoms with Crippen LogP contribution in [-0.2, 0) is 0 Å².